The van der Waals surface area contributed by atoms with E-state index in [1.165, 1.54) is 29.5 Å². The average Bonchev–Trinajstić information content (AvgIpc) is 3.04. The van der Waals surface area contributed by atoms with E-state index in [0.717, 1.165) is 18.9 Å². The van der Waals surface area contributed by atoms with Crippen LogP contribution >= 0.6 is 11.3 Å². The molecule has 0 spiro atoms. The van der Waals surface area contributed by atoms with Crippen molar-refractivity contribution >= 4 is 27.2 Å². The van der Waals surface area contributed by atoms with Gasteiger partial charge in [-0.3, -0.25) is 4.90 Å². The van der Waals surface area contributed by atoms with Crippen molar-refractivity contribution in [2.24, 2.45) is 0 Å². The maximum absolute atomic E-state index is 4.47. The van der Waals surface area contributed by atoms with Gasteiger partial charge in [-0.15, -0.1) is 11.3 Å². The summed E-state index contributed by atoms with van der Waals surface area (Å²) in [6.07, 6.45) is 4.53. The van der Waals surface area contributed by atoms with Crippen LogP contribution in [0.15, 0.2) is 23.7 Å². The highest BCUT2D eigenvalue weighted by Crippen LogP contribution is 2.26. The molecule has 0 bridgehead atoms. The van der Waals surface area contributed by atoms with Crippen molar-refractivity contribution in [1.29, 1.82) is 0 Å². The van der Waals surface area contributed by atoms with Crippen LogP contribution in [-0.2, 0) is 0 Å². The Kier molecular flexibility index (Phi) is 3.48. The number of fused-ring (bicyclic) bond motifs is 1. The highest BCUT2D eigenvalue weighted by molar-refractivity contribution is 7.17. The Hall–Kier alpha value is -1.13. The number of hydrogen-bond acceptors (Lipinski definition) is 4. The Bertz CT molecular complexity index is 522. The number of nitrogens with one attached hydrogen (secondary N) is 1. The monoisotopic (exact) mass is 261 g/mol. The summed E-state index contributed by atoms with van der Waals surface area (Å²) in [5.74, 6) is 1.04. The highest BCUT2D eigenvalue weighted by Gasteiger charge is 2.22. The number of nitrogens with zero attached hydrogens (tertiary/aromatic N) is 2. The summed E-state index contributed by atoms with van der Waals surface area (Å²) in [6, 6.07) is 4.91. The van der Waals surface area contributed by atoms with Crippen LogP contribution in [0.2, 0.25) is 0 Å². The van der Waals surface area contributed by atoms with Gasteiger partial charge < -0.3 is 5.32 Å². The molecule has 0 saturated carbocycles. The van der Waals surface area contributed by atoms with Crippen molar-refractivity contribution in [1.82, 2.24) is 9.88 Å². The molecule has 1 N–H and O–H groups in total. The first kappa shape index (κ1) is 11.9. The van der Waals surface area contributed by atoms with Gasteiger partial charge in [0.2, 0.25) is 0 Å². The smallest absolute Gasteiger partial charge is 0.134 e. The Morgan fingerprint density at radius 1 is 1.50 bits per heavy atom. The van der Waals surface area contributed by atoms with E-state index >= 15 is 0 Å². The van der Waals surface area contributed by atoms with Gasteiger partial charge in [-0.1, -0.05) is 6.92 Å². The number of thiophene rings is 1. The summed E-state index contributed by atoms with van der Waals surface area (Å²) in [5, 5.41) is 6.92. The summed E-state index contributed by atoms with van der Waals surface area (Å²) in [6.45, 7) is 5.66. The van der Waals surface area contributed by atoms with Crippen molar-refractivity contribution in [2.75, 3.05) is 25.0 Å². The van der Waals surface area contributed by atoms with Crippen molar-refractivity contribution in [2.45, 2.75) is 25.8 Å². The van der Waals surface area contributed by atoms with E-state index in [9.17, 15) is 0 Å². The van der Waals surface area contributed by atoms with Crippen LogP contribution < -0.4 is 5.32 Å². The third-order valence-corrected chi connectivity index (χ3v) is 4.67. The quantitative estimate of drug-likeness (QED) is 0.916. The van der Waals surface area contributed by atoms with Crippen LogP contribution in [0, 0.1) is 0 Å². The molecule has 1 fully saturated rings. The standard InChI is InChI=1S/C14H19N3S/c1-2-17-8-3-4-11(17)10-16-14-12-6-9-18-13(12)5-7-15-14/h5-7,9,11H,2-4,8,10H2,1H3,(H,15,16). The van der Waals surface area contributed by atoms with Gasteiger partial charge in [-0.25, -0.2) is 4.98 Å². The molecule has 4 heteroatoms. The first-order valence-electron chi connectivity index (χ1n) is 6.68. The zero-order chi connectivity index (χ0) is 12.4. The molecule has 18 heavy (non-hydrogen) atoms. The molecule has 3 rings (SSSR count). The van der Waals surface area contributed by atoms with Crippen LogP contribution in [0.1, 0.15) is 19.8 Å². The molecule has 2 aromatic rings. The number of likely N-dealkylation sites (N-methyl/N-ethyl adjacent to an activating group) is 1. The molecule has 1 saturated heterocycles. The van der Waals surface area contributed by atoms with E-state index in [2.05, 4.69) is 39.6 Å². The molecule has 0 amide bonds. The van der Waals surface area contributed by atoms with Crippen LogP contribution in [0.25, 0.3) is 10.1 Å². The second-order valence-electron chi connectivity index (χ2n) is 4.80. The summed E-state index contributed by atoms with van der Waals surface area (Å²) >= 11 is 1.77. The molecule has 0 aromatic carbocycles. The molecule has 1 aliphatic heterocycles. The van der Waals surface area contributed by atoms with Crippen molar-refractivity contribution in [3.8, 4) is 0 Å². The van der Waals surface area contributed by atoms with Gasteiger partial charge in [-0.2, -0.15) is 0 Å². The predicted octanol–water partition coefficient (Wildman–Crippen LogP) is 3.19. The SMILES string of the molecule is CCN1CCCC1CNc1nccc2sccc12. The second kappa shape index (κ2) is 5.24. The predicted molar refractivity (Wildman–Crippen MR) is 78.4 cm³/mol. The Labute approximate surface area is 112 Å². The maximum atomic E-state index is 4.47. The number of aromatic nitrogens is 1. The van der Waals surface area contributed by atoms with E-state index in [-0.39, 0.29) is 0 Å². The minimum absolute atomic E-state index is 0.672. The fourth-order valence-corrected chi connectivity index (χ4v) is 3.57. The van der Waals surface area contributed by atoms with Crippen molar-refractivity contribution < 1.29 is 0 Å². The highest BCUT2D eigenvalue weighted by atomic mass is 32.1. The minimum atomic E-state index is 0.672. The second-order valence-corrected chi connectivity index (χ2v) is 5.75. The minimum Gasteiger partial charge on any atom is -0.368 e. The lowest BCUT2D eigenvalue weighted by atomic mass is 10.2. The Morgan fingerprint density at radius 3 is 3.33 bits per heavy atom. The zero-order valence-electron chi connectivity index (χ0n) is 10.7. The van der Waals surface area contributed by atoms with Gasteiger partial charge in [0, 0.05) is 28.9 Å². The Morgan fingerprint density at radius 2 is 2.44 bits per heavy atom. The zero-order valence-corrected chi connectivity index (χ0v) is 11.5. The van der Waals surface area contributed by atoms with Crippen LogP contribution in [0.3, 0.4) is 0 Å². The molecular weight excluding hydrogens is 242 g/mol. The van der Waals surface area contributed by atoms with Crippen LogP contribution in [0.5, 0.6) is 0 Å². The van der Waals surface area contributed by atoms with Gasteiger partial charge >= 0.3 is 0 Å². The number of hydrogen-bond donors (Lipinski definition) is 1. The molecule has 2 aromatic heterocycles. The van der Waals surface area contributed by atoms with E-state index < -0.39 is 0 Å². The fourth-order valence-electron chi connectivity index (χ4n) is 2.79. The lowest BCUT2D eigenvalue weighted by molar-refractivity contribution is 0.277. The maximum Gasteiger partial charge on any atom is 0.134 e. The van der Waals surface area contributed by atoms with Gasteiger partial charge in [0.1, 0.15) is 5.82 Å². The summed E-state index contributed by atoms with van der Waals surface area (Å²) in [7, 11) is 0. The Balaban J connectivity index is 1.71. The molecule has 0 radical (unpaired) electrons. The number of anilines is 1. The number of pyridine rings is 1. The molecular formula is C14H19N3S. The summed E-state index contributed by atoms with van der Waals surface area (Å²) in [5.41, 5.74) is 0. The topological polar surface area (TPSA) is 28.2 Å². The molecule has 96 valence electrons. The van der Waals surface area contributed by atoms with Crippen molar-refractivity contribution in [3.63, 3.8) is 0 Å². The fraction of sp³-hybridized carbons (Fsp3) is 0.500. The number of rotatable bonds is 4. The van der Waals surface area contributed by atoms with Crippen LogP contribution in [0.4, 0.5) is 5.82 Å². The summed E-state index contributed by atoms with van der Waals surface area (Å²) in [4.78, 5) is 7.02. The molecule has 3 nitrogen and oxygen atoms in total. The number of likely N-dealkylation sites (tertiary alicyclic amines) is 1. The lowest BCUT2D eigenvalue weighted by Crippen LogP contribution is -2.34. The van der Waals surface area contributed by atoms with Gasteiger partial charge in [0.15, 0.2) is 0 Å². The van der Waals surface area contributed by atoms with Crippen molar-refractivity contribution in [3.05, 3.63) is 23.7 Å². The summed E-state index contributed by atoms with van der Waals surface area (Å²) < 4.78 is 1.31. The largest absolute Gasteiger partial charge is 0.368 e. The average molecular weight is 261 g/mol. The van der Waals surface area contributed by atoms with Crippen LogP contribution in [-0.4, -0.2) is 35.6 Å². The third kappa shape index (κ3) is 2.22. The lowest BCUT2D eigenvalue weighted by Gasteiger charge is -2.23. The van der Waals surface area contributed by atoms with Gasteiger partial charge in [0.25, 0.3) is 0 Å². The molecule has 1 atom stereocenters. The van der Waals surface area contributed by atoms with Gasteiger partial charge in [-0.05, 0) is 43.4 Å². The third-order valence-electron chi connectivity index (χ3n) is 3.79. The van der Waals surface area contributed by atoms with E-state index in [0.29, 0.717) is 6.04 Å². The first-order chi connectivity index (χ1) is 8.88. The molecule has 3 heterocycles. The first-order valence-corrected chi connectivity index (χ1v) is 7.56. The van der Waals surface area contributed by atoms with E-state index in [1.54, 1.807) is 11.3 Å². The molecule has 0 aliphatic carbocycles. The van der Waals surface area contributed by atoms with E-state index in [1.807, 2.05) is 6.20 Å². The van der Waals surface area contributed by atoms with Gasteiger partial charge in [0.05, 0.1) is 0 Å². The van der Waals surface area contributed by atoms with E-state index in [4.69, 9.17) is 0 Å². The normalized spacial score (nSPS) is 20.6. The molecule has 1 aliphatic rings. The molecule has 1 unspecified atom stereocenters.